The summed E-state index contributed by atoms with van der Waals surface area (Å²) in [6.45, 7) is 7.54. The zero-order valence-corrected chi connectivity index (χ0v) is 18.8. The number of sulfonamides is 1. The standard InChI is InChI=1S/C24H21N3O3S2/c1-3-15-27(16-4-2)32(29,30)19-12-9-18(10-13-19)23(28)26-24-25-21-14-11-17-7-5-6-8-20(17)22(21)31-24/h3-14H,1-2,15-16H2,(H,25,26,28). The van der Waals surface area contributed by atoms with Gasteiger partial charge < -0.3 is 0 Å². The highest BCUT2D eigenvalue weighted by atomic mass is 32.2. The Kier molecular flexibility index (Phi) is 6.18. The number of hydrogen-bond acceptors (Lipinski definition) is 5. The van der Waals surface area contributed by atoms with E-state index in [1.54, 1.807) is 0 Å². The Morgan fingerprint density at radius 2 is 1.69 bits per heavy atom. The molecule has 0 bridgehead atoms. The van der Waals surface area contributed by atoms with Crippen LogP contribution in [0.5, 0.6) is 0 Å². The van der Waals surface area contributed by atoms with E-state index in [1.165, 1.54) is 52.1 Å². The van der Waals surface area contributed by atoms with Crippen LogP contribution in [-0.2, 0) is 10.0 Å². The van der Waals surface area contributed by atoms with Gasteiger partial charge >= 0.3 is 0 Å². The third kappa shape index (κ3) is 4.20. The summed E-state index contributed by atoms with van der Waals surface area (Å²) in [5.41, 5.74) is 1.15. The molecule has 0 saturated carbocycles. The summed E-state index contributed by atoms with van der Waals surface area (Å²) in [6.07, 6.45) is 3.04. The molecule has 4 rings (SSSR count). The second-order valence-corrected chi connectivity index (χ2v) is 9.97. The molecule has 0 aliphatic rings. The Morgan fingerprint density at radius 1 is 1.00 bits per heavy atom. The molecule has 0 spiro atoms. The Hall–Kier alpha value is -3.33. The Balaban J connectivity index is 1.56. The zero-order chi connectivity index (χ0) is 22.7. The highest BCUT2D eigenvalue weighted by Crippen LogP contribution is 2.32. The Morgan fingerprint density at radius 3 is 2.38 bits per heavy atom. The smallest absolute Gasteiger partial charge is 0.257 e. The number of carbonyl (C=O) groups is 1. The molecule has 0 atom stereocenters. The van der Waals surface area contributed by atoms with Crippen molar-refractivity contribution in [3.63, 3.8) is 0 Å². The van der Waals surface area contributed by atoms with E-state index in [-0.39, 0.29) is 23.9 Å². The van der Waals surface area contributed by atoms with Crippen molar-refractivity contribution in [2.24, 2.45) is 0 Å². The first kappa shape index (κ1) is 21.9. The van der Waals surface area contributed by atoms with Gasteiger partial charge in [0.25, 0.3) is 5.91 Å². The fourth-order valence-corrected chi connectivity index (χ4v) is 5.74. The number of nitrogens with zero attached hydrogens (tertiary/aromatic N) is 2. The van der Waals surface area contributed by atoms with Crippen LogP contribution in [0, 0.1) is 0 Å². The van der Waals surface area contributed by atoms with Crippen molar-refractivity contribution in [2.75, 3.05) is 18.4 Å². The largest absolute Gasteiger partial charge is 0.298 e. The Bertz CT molecular complexity index is 1410. The topological polar surface area (TPSA) is 79.4 Å². The lowest BCUT2D eigenvalue weighted by atomic mass is 10.1. The van der Waals surface area contributed by atoms with Crippen LogP contribution in [0.25, 0.3) is 21.0 Å². The summed E-state index contributed by atoms with van der Waals surface area (Å²) in [4.78, 5) is 17.3. The van der Waals surface area contributed by atoms with Gasteiger partial charge in [0.05, 0.1) is 15.1 Å². The van der Waals surface area contributed by atoms with Crippen LogP contribution in [-0.4, -0.2) is 36.7 Å². The molecule has 0 aliphatic heterocycles. The molecule has 1 aromatic heterocycles. The number of aromatic nitrogens is 1. The van der Waals surface area contributed by atoms with Gasteiger partial charge in [-0.15, -0.1) is 13.2 Å². The molecular formula is C24H21N3O3S2. The molecule has 0 fully saturated rings. The lowest BCUT2D eigenvalue weighted by Crippen LogP contribution is -2.31. The number of benzene rings is 3. The molecule has 3 aromatic carbocycles. The maximum Gasteiger partial charge on any atom is 0.257 e. The fourth-order valence-electron chi connectivity index (χ4n) is 3.36. The highest BCUT2D eigenvalue weighted by molar-refractivity contribution is 7.89. The summed E-state index contributed by atoms with van der Waals surface area (Å²) >= 11 is 1.41. The third-order valence-electron chi connectivity index (χ3n) is 4.92. The van der Waals surface area contributed by atoms with Crippen molar-refractivity contribution in [1.82, 2.24) is 9.29 Å². The van der Waals surface area contributed by atoms with Crippen molar-refractivity contribution >= 4 is 53.4 Å². The van der Waals surface area contributed by atoms with Crippen LogP contribution >= 0.6 is 11.3 Å². The van der Waals surface area contributed by atoms with Crippen LogP contribution in [0.15, 0.2) is 90.9 Å². The van der Waals surface area contributed by atoms with E-state index >= 15 is 0 Å². The minimum Gasteiger partial charge on any atom is -0.298 e. The first-order valence-electron chi connectivity index (χ1n) is 9.85. The van der Waals surface area contributed by atoms with Gasteiger partial charge in [0.2, 0.25) is 10.0 Å². The molecular weight excluding hydrogens is 442 g/mol. The summed E-state index contributed by atoms with van der Waals surface area (Å²) < 4.78 is 27.9. The molecule has 0 saturated heterocycles. The van der Waals surface area contributed by atoms with Gasteiger partial charge in [-0.25, -0.2) is 13.4 Å². The molecule has 162 valence electrons. The van der Waals surface area contributed by atoms with Crippen LogP contribution in [0.4, 0.5) is 5.13 Å². The van der Waals surface area contributed by atoms with Gasteiger partial charge in [-0.2, -0.15) is 4.31 Å². The average molecular weight is 464 g/mol. The number of anilines is 1. The van der Waals surface area contributed by atoms with Crippen molar-refractivity contribution < 1.29 is 13.2 Å². The summed E-state index contributed by atoms with van der Waals surface area (Å²) in [7, 11) is -3.72. The van der Waals surface area contributed by atoms with Crippen molar-refractivity contribution in [3.8, 4) is 0 Å². The van der Waals surface area contributed by atoms with E-state index in [1.807, 2.05) is 36.4 Å². The van der Waals surface area contributed by atoms with Crippen LogP contribution in [0.1, 0.15) is 10.4 Å². The van der Waals surface area contributed by atoms with Crippen molar-refractivity contribution in [1.29, 1.82) is 0 Å². The predicted molar refractivity (Wildman–Crippen MR) is 131 cm³/mol. The van der Waals surface area contributed by atoms with E-state index in [4.69, 9.17) is 0 Å². The second kappa shape index (κ2) is 9.04. The second-order valence-electron chi connectivity index (χ2n) is 7.03. The van der Waals surface area contributed by atoms with Gasteiger partial charge in [-0.1, -0.05) is 53.8 Å². The van der Waals surface area contributed by atoms with Gasteiger partial charge in [-0.3, -0.25) is 10.1 Å². The number of thiazole rings is 1. The molecule has 6 nitrogen and oxygen atoms in total. The number of fused-ring (bicyclic) bond motifs is 3. The van der Waals surface area contributed by atoms with Gasteiger partial charge in [0.15, 0.2) is 5.13 Å². The summed E-state index contributed by atoms with van der Waals surface area (Å²) in [5.74, 6) is -0.355. The van der Waals surface area contributed by atoms with E-state index in [2.05, 4.69) is 23.5 Å². The quantitative estimate of drug-likeness (QED) is 0.370. The van der Waals surface area contributed by atoms with E-state index in [0.29, 0.717) is 10.7 Å². The minimum absolute atomic E-state index is 0.101. The maximum atomic E-state index is 12.8. The first-order valence-corrected chi connectivity index (χ1v) is 12.1. The predicted octanol–water partition coefficient (Wildman–Crippen LogP) is 5.06. The van der Waals surface area contributed by atoms with Gasteiger partial charge in [0, 0.05) is 24.0 Å². The number of carbonyl (C=O) groups excluding carboxylic acids is 1. The molecule has 32 heavy (non-hydrogen) atoms. The summed E-state index contributed by atoms with van der Waals surface area (Å²) in [6, 6.07) is 17.8. The SMILES string of the molecule is C=CCN(CC=C)S(=O)(=O)c1ccc(C(=O)Nc2nc3ccc4ccccc4c3s2)cc1. The van der Waals surface area contributed by atoms with E-state index < -0.39 is 10.0 Å². The van der Waals surface area contributed by atoms with Crippen LogP contribution in [0.3, 0.4) is 0 Å². The highest BCUT2D eigenvalue weighted by Gasteiger charge is 2.22. The first-order chi connectivity index (χ1) is 15.4. The maximum absolute atomic E-state index is 12.8. The van der Waals surface area contributed by atoms with Crippen LogP contribution in [0.2, 0.25) is 0 Å². The average Bonchev–Trinajstić information content (AvgIpc) is 3.22. The molecule has 0 radical (unpaired) electrons. The van der Waals surface area contributed by atoms with E-state index in [9.17, 15) is 13.2 Å². The fraction of sp³-hybridized carbons (Fsp3) is 0.0833. The number of hydrogen-bond donors (Lipinski definition) is 1. The van der Waals surface area contributed by atoms with E-state index in [0.717, 1.165) is 21.0 Å². The number of amides is 1. The summed E-state index contributed by atoms with van der Waals surface area (Å²) in [5, 5.41) is 5.50. The van der Waals surface area contributed by atoms with Gasteiger partial charge in [0.1, 0.15) is 0 Å². The Labute approximate surface area is 190 Å². The molecule has 1 N–H and O–H groups in total. The molecule has 0 aliphatic carbocycles. The van der Waals surface area contributed by atoms with Crippen molar-refractivity contribution in [2.45, 2.75) is 4.90 Å². The molecule has 0 unspecified atom stereocenters. The third-order valence-corrected chi connectivity index (χ3v) is 7.79. The lowest BCUT2D eigenvalue weighted by molar-refractivity contribution is 0.102. The van der Waals surface area contributed by atoms with Crippen molar-refractivity contribution in [3.05, 3.63) is 91.5 Å². The molecule has 1 amide bonds. The van der Waals surface area contributed by atoms with Gasteiger partial charge in [-0.05, 0) is 35.7 Å². The van der Waals surface area contributed by atoms with Crippen LogP contribution < -0.4 is 5.32 Å². The zero-order valence-electron chi connectivity index (χ0n) is 17.2. The number of rotatable bonds is 8. The lowest BCUT2D eigenvalue weighted by Gasteiger charge is -2.19. The normalized spacial score (nSPS) is 11.7. The number of nitrogens with one attached hydrogen (secondary N) is 1. The minimum atomic E-state index is -3.72. The molecule has 8 heteroatoms. The monoisotopic (exact) mass is 463 g/mol. The molecule has 1 heterocycles. The molecule has 4 aromatic rings.